The quantitative estimate of drug-likeness (QED) is 0.796. The molecule has 0 radical (unpaired) electrons. The van der Waals surface area contributed by atoms with Crippen molar-refractivity contribution < 1.29 is 4.74 Å². The van der Waals surface area contributed by atoms with E-state index in [0.29, 0.717) is 11.4 Å². The average molecular weight is 231 g/mol. The molecule has 0 saturated carbocycles. The van der Waals surface area contributed by atoms with Gasteiger partial charge in [0.2, 0.25) is 0 Å². The topological polar surface area (TPSA) is 63.9 Å². The summed E-state index contributed by atoms with van der Waals surface area (Å²) in [7, 11) is 1.62. The highest BCUT2D eigenvalue weighted by atomic mass is 16.5. The van der Waals surface area contributed by atoms with Crippen molar-refractivity contribution in [2.75, 3.05) is 12.8 Å². The summed E-state index contributed by atoms with van der Waals surface area (Å²) < 4.78 is 5.12. The number of nitrogen functional groups attached to an aromatic ring is 1. The lowest BCUT2D eigenvalue weighted by atomic mass is 10.1. The number of hydrogen-bond acceptors (Lipinski definition) is 3. The molecule has 0 atom stereocenters. The Morgan fingerprint density at radius 2 is 2.12 bits per heavy atom. The highest BCUT2D eigenvalue weighted by molar-refractivity contribution is 5.54. The third kappa shape index (κ3) is 2.41. The molecule has 2 rings (SSSR count). The second kappa shape index (κ2) is 4.49. The highest BCUT2D eigenvalue weighted by Gasteiger charge is 2.05. The number of hydrogen-bond donors (Lipinski definition) is 2. The molecule has 90 valence electrons. The van der Waals surface area contributed by atoms with E-state index in [1.165, 1.54) is 0 Å². The fraction of sp³-hybridized carbons (Fsp3) is 0.308. The van der Waals surface area contributed by atoms with Gasteiger partial charge in [-0.05, 0) is 31.5 Å². The molecule has 1 aromatic carbocycles. The average Bonchev–Trinajstić information content (AvgIpc) is 2.58. The van der Waals surface area contributed by atoms with Crippen molar-refractivity contribution in [3.8, 4) is 5.75 Å². The molecule has 0 aliphatic rings. The first-order valence-corrected chi connectivity index (χ1v) is 5.54. The number of aromatic amines is 1. The van der Waals surface area contributed by atoms with E-state index in [9.17, 15) is 0 Å². The molecule has 1 aromatic heterocycles. The first kappa shape index (κ1) is 11.5. The van der Waals surface area contributed by atoms with E-state index < -0.39 is 0 Å². The fourth-order valence-corrected chi connectivity index (χ4v) is 1.79. The lowest BCUT2D eigenvalue weighted by Gasteiger charge is -2.06. The Balaban J connectivity index is 2.21. The first-order chi connectivity index (χ1) is 8.10. The lowest BCUT2D eigenvalue weighted by molar-refractivity contribution is 0.417. The smallest absolute Gasteiger partial charge is 0.141 e. The summed E-state index contributed by atoms with van der Waals surface area (Å²) in [4.78, 5) is 7.71. The lowest BCUT2D eigenvalue weighted by Crippen LogP contribution is -1.96. The van der Waals surface area contributed by atoms with Gasteiger partial charge in [-0.15, -0.1) is 0 Å². The van der Waals surface area contributed by atoms with Crippen LogP contribution >= 0.6 is 0 Å². The van der Waals surface area contributed by atoms with E-state index >= 15 is 0 Å². The number of benzene rings is 1. The molecule has 0 saturated heterocycles. The summed E-state index contributed by atoms with van der Waals surface area (Å²) in [5, 5.41) is 0. The van der Waals surface area contributed by atoms with E-state index in [2.05, 4.69) is 9.97 Å². The molecule has 4 heteroatoms. The number of nitrogens with zero attached hydrogens (tertiary/aromatic N) is 1. The van der Waals surface area contributed by atoms with Gasteiger partial charge in [-0.2, -0.15) is 0 Å². The van der Waals surface area contributed by atoms with Crippen LogP contribution in [0.4, 0.5) is 5.69 Å². The van der Waals surface area contributed by atoms with Crippen molar-refractivity contribution in [1.29, 1.82) is 0 Å². The van der Waals surface area contributed by atoms with Crippen molar-refractivity contribution in [2.24, 2.45) is 0 Å². The number of H-pyrrole nitrogens is 1. The number of imidazole rings is 1. The number of aryl methyl sites for hydroxylation is 2. The summed E-state index contributed by atoms with van der Waals surface area (Å²) in [5.74, 6) is 1.67. The van der Waals surface area contributed by atoms with E-state index in [0.717, 1.165) is 29.2 Å². The molecular weight excluding hydrogens is 214 g/mol. The van der Waals surface area contributed by atoms with Gasteiger partial charge in [0.05, 0.1) is 18.5 Å². The fourth-order valence-electron chi connectivity index (χ4n) is 1.79. The van der Waals surface area contributed by atoms with Gasteiger partial charge in [0, 0.05) is 12.1 Å². The zero-order chi connectivity index (χ0) is 12.4. The predicted molar refractivity (Wildman–Crippen MR) is 68.3 cm³/mol. The molecule has 0 aliphatic heterocycles. The van der Waals surface area contributed by atoms with E-state index in [1.54, 1.807) is 7.11 Å². The van der Waals surface area contributed by atoms with Crippen LogP contribution in [0.1, 0.15) is 22.8 Å². The van der Waals surface area contributed by atoms with Gasteiger partial charge < -0.3 is 15.5 Å². The Kier molecular flexibility index (Phi) is 3.04. The van der Waals surface area contributed by atoms with Crippen molar-refractivity contribution >= 4 is 5.69 Å². The Bertz CT molecular complexity index is 512. The number of ether oxygens (including phenoxy) is 1. The van der Waals surface area contributed by atoms with Crippen LogP contribution in [0.25, 0.3) is 0 Å². The Hall–Kier alpha value is -1.97. The number of methoxy groups -OCH3 is 1. The molecule has 0 bridgehead atoms. The second-order valence-corrected chi connectivity index (χ2v) is 4.15. The first-order valence-electron chi connectivity index (χ1n) is 5.54. The third-order valence-electron chi connectivity index (χ3n) is 2.84. The Labute approximate surface area is 101 Å². The zero-order valence-electron chi connectivity index (χ0n) is 10.4. The van der Waals surface area contributed by atoms with Gasteiger partial charge in [-0.3, -0.25) is 0 Å². The summed E-state index contributed by atoms with van der Waals surface area (Å²) in [6.07, 6.45) is 0.753. The molecular formula is C13H17N3O. The van der Waals surface area contributed by atoms with Crippen molar-refractivity contribution in [2.45, 2.75) is 20.3 Å². The molecule has 0 aliphatic carbocycles. The Morgan fingerprint density at radius 3 is 2.65 bits per heavy atom. The van der Waals surface area contributed by atoms with Crippen LogP contribution in [0.15, 0.2) is 18.2 Å². The number of anilines is 1. The van der Waals surface area contributed by atoms with Crippen LogP contribution < -0.4 is 10.5 Å². The molecule has 0 spiro atoms. The molecule has 0 fully saturated rings. The van der Waals surface area contributed by atoms with Gasteiger partial charge >= 0.3 is 0 Å². The van der Waals surface area contributed by atoms with Crippen LogP contribution in [0.2, 0.25) is 0 Å². The van der Waals surface area contributed by atoms with Crippen LogP contribution in [-0.2, 0) is 6.42 Å². The van der Waals surface area contributed by atoms with Gasteiger partial charge in [0.1, 0.15) is 11.6 Å². The largest absolute Gasteiger partial charge is 0.495 e. The number of nitrogens with two attached hydrogens (primary N) is 1. The van der Waals surface area contributed by atoms with Crippen LogP contribution in [-0.4, -0.2) is 17.1 Å². The maximum Gasteiger partial charge on any atom is 0.141 e. The van der Waals surface area contributed by atoms with Crippen molar-refractivity contribution in [3.05, 3.63) is 41.0 Å². The van der Waals surface area contributed by atoms with Crippen LogP contribution in [0.3, 0.4) is 0 Å². The molecule has 0 amide bonds. The van der Waals surface area contributed by atoms with Gasteiger partial charge in [-0.1, -0.05) is 6.07 Å². The van der Waals surface area contributed by atoms with E-state index in [1.807, 2.05) is 32.0 Å². The molecule has 2 aromatic rings. The summed E-state index contributed by atoms with van der Waals surface area (Å²) in [5.41, 5.74) is 9.80. The van der Waals surface area contributed by atoms with Crippen molar-refractivity contribution in [1.82, 2.24) is 9.97 Å². The van der Waals surface area contributed by atoms with Gasteiger partial charge in [-0.25, -0.2) is 4.98 Å². The molecule has 0 unspecified atom stereocenters. The number of aromatic nitrogens is 2. The minimum Gasteiger partial charge on any atom is -0.495 e. The standard InChI is InChI=1S/C13H17N3O/c1-8-9(2)16-13(15-8)7-10-4-5-12(17-3)11(14)6-10/h4-6H,7,14H2,1-3H3,(H,15,16). The SMILES string of the molecule is COc1ccc(Cc2nc(C)c(C)[nH]2)cc1N. The maximum absolute atomic E-state index is 5.87. The van der Waals surface area contributed by atoms with Crippen LogP contribution in [0, 0.1) is 13.8 Å². The highest BCUT2D eigenvalue weighted by Crippen LogP contribution is 2.23. The molecule has 4 nitrogen and oxygen atoms in total. The van der Waals surface area contributed by atoms with Crippen LogP contribution in [0.5, 0.6) is 5.75 Å². The zero-order valence-corrected chi connectivity index (χ0v) is 10.4. The van der Waals surface area contributed by atoms with Gasteiger partial charge in [0.25, 0.3) is 0 Å². The number of nitrogens with one attached hydrogen (secondary N) is 1. The summed E-state index contributed by atoms with van der Waals surface area (Å²) in [6.45, 7) is 4.02. The maximum atomic E-state index is 5.87. The third-order valence-corrected chi connectivity index (χ3v) is 2.84. The summed E-state index contributed by atoms with van der Waals surface area (Å²) in [6, 6.07) is 5.81. The molecule has 17 heavy (non-hydrogen) atoms. The van der Waals surface area contributed by atoms with E-state index in [-0.39, 0.29) is 0 Å². The van der Waals surface area contributed by atoms with E-state index in [4.69, 9.17) is 10.5 Å². The second-order valence-electron chi connectivity index (χ2n) is 4.15. The minimum atomic E-state index is 0.657. The number of rotatable bonds is 3. The molecule has 1 heterocycles. The Morgan fingerprint density at radius 1 is 1.35 bits per heavy atom. The predicted octanol–water partition coefficient (Wildman–Crippen LogP) is 2.21. The van der Waals surface area contributed by atoms with Crippen molar-refractivity contribution in [3.63, 3.8) is 0 Å². The summed E-state index contributed by atoms with van der Waals surface area (Å²) >= 11 is 0. The normalized spacial score (nSPS) is 10.5. The monoisotopic (exact) mass is 231 g/mol. The minimum absolute atomic E-state index is 0.657. The molecule has 3 N–H and O–H groups in total. The van der Waals surface area contributed by atoms with Gasteiger partial charge in [0.15, 0.2) is 0 Å².